The lowest BCUT2D eigenvalue weighted by Crippen LogP contribution is -2.61. The van der Waals surface area contributed by atoms with E-state index in [9.17, 15) is 35.9 Å². The summed E-state index contributed by atoms with van der Waals surface area (Å²) in [4.78, 5) is 34.3. The molecule has 8 nitrogen and oxygen atoms in total. The Bertz CT molecular complexity index is 1060. The Kier molecular flexibility index (Phi) is 7.45. The maximum absolute atomic E-state index is 14.1. The molecule has 1 fully saturated rings. The van der Waals surface area contributed by atoms with Gasteiger partial charge in [-0.3, -0.25) is 14.5 Å². The SMILES string of the molecule is C[C@](C(=O)N[C@H]1COCC1(F)F)(c1cncnc1)N(C(=O)[C@H](F)Cl)c1ccc(OC(F)(F)F)cc1. The van der Waals surface area contributed by atoms with Crippen LogP contribution < -0.4 is 15.0 Å². The van der Waals surface area contributed by atoms with E-state index in [1.165, 1.54) is 0 Å². The highest BCUT2D eigenvalue weighted by Gasteiger charge is 2.52. The second-order valence-corrected chi connectivity index (χ2v) is 7.90. The van der Waals surface area contributed by atoms with Crippen molar-refractivity contribution in [2.75, 3.05) is 18.1 Å². The molecule has 3 rings (SSSR count). The minimum Gasteiger partial charge on any atom is -0.406 e. The van der Waals surface area contributed by atoms with Crippen LogP contribution in [0.15, 0.2) is 43.0 Å². The summed E-state index contributed by atoms with van der Waals surface area (Å²) in [6, 6.07) is 1.70. The van der Waals surface area contributed by atoms with Crippen LogP contribution >= 0.6 is 11.6 Å². The number of amides is 2. The third-order valence-electron chi connectivity index (χ3n) is 5.14. The standard InChI is InChI=1S/C20H17ClF6N4O4/c1-18(11-6-28-10-29-7-11,17(33)30-14-8-34-9-19(14,23)24)31(16(32)15(21)22)12-2-4-13(5-3-12)35-20(25,26)27/h2-7,10,14-15H,8-9H2,1H3,(H,30,33)/t14-,15-,18+/m0/s1. The Morgan fingerprint density at radius 3 is 2.31 bits per heavy atom. The predicted molar refractivity (Wildman–Crippen MR) is 108 cm³/mol. The van der Waals surface area contributed by atoms with Crippen LogP contribution in [0.5, 0.6) is 5.75 Å². The zero-order valence-electron chi connectivity index (χ0n) is 17.7. The fourth-order valence-corrected chi connectivity index (χ4v) is 3.49. The van der Waals surface area contributed by atoms with Crippen molar-refractivity contribution in [3.05, 3.63) is 48.5 Å². The highest BCUT2D eigenvalue weighted by atomic mass is 35.5. The lowest BCUT2D eigenvalue weighted by molar-refractivity contribution is -0.274. The molecule has 1 aliphatic rings. The lowest BCUT2D eigenvalue weighted by atomic mass is 9.89. The molecule has 0 unspecified atom stereocenters. The van der Waals surface area contributed by atoms with Gasteiger partial charge in [0.1, 0.15) is 24.7 Å². The van der Waals surface area contributed by atoms with Crippen LogP contribution in [-0.4, -0.2) is 59.0 Å². The zero-order chi connectivity index (χ0) is 26.0. The van der Waals surface area contributed by atoms with Gasteiger partial charge in [0, 0.05) is 23.6 Å². The van der Waals surface area contributed by atoms with Crippen molar-refractivity contribution < 1.29 is 45.4 Å². The highest BCUT2D eigenvalue weighted by molar-refractivity contribution is 6.32. The van der Waals surface area contributed by atoms with E-state index in [4.69, 9.17) is 16.3 Å². The summed E-state index contributed by atoms with van der Waals surface area (Å²) >= 11 is 5.37. The molecule has 2 aromatic rings. The van der Waals surface area contributed by atoms with Crippen LogP contribution in [0.1, 0.15) is 12.5 Å². The van der Waals surface area contributed by atoms with E-state index in [2.05, 4.69) is 20.0 Å². The first kappa shape index (κ1) is 26.5. The first-order valence-electron chi connectivity index (χ1n) is 9.76. The smallest absolute Gasteiger partial charge is 0.406 e. The molecule has 15 heteroatoms. The van der Waals surface area contributed by atoms with Gasteiger partial charge < -0.3 is 14.8 Å². The Hall–Kier alpha value is -3.13. The van der Waals surface area contributed by atoms with Crippen molar-refractivity contribution >= 4 is 29.1 Å². The minimum absolute atomic E-state index is 0.138. The first-order valence-corrected chi connectivity index (χ1v) is 10.2. The van der Waals surface area contributed by atoms with Gasteiger partial charge in [0.05, 0.1) is 6.61 Å². The van der Waals surface area contributed by atoms with Gasteiger partial charge in [-0.05, 0) is 31.2 Å². The van der Waals surface area contributed by atoms with Gasteiger partial charge in [-0.25, -0.2) is 23.1 Å². The molecule has 1 saturated heterocycles. The molecule has 2 heterocycles. The van der Waals surface area contributed by atoms with Crippen molar-refractivity contribution in [2.45, 2.75) is 36.4 Å². The summed E-state index contributed by atoms with van der Waals surface area (Å²) in [7, 11) is 0. The molecule has 35 heavy (non-hydrogen) atoms. The van der Waals surface area contributed by atoms with Crippen molar-refractivity contribution in [3.8, 4) is 5.75 Å². The molecule has 2 amide bonds. The average molecular weight is 527 g/mol. The van der Waals surface area contributed by atoms with E-state index in [0.29, 0.717) is 4.90 Å². The molecule has 0 aliphatic carbocycles. The molecular weight excluding hydrogens is 510 g/mol. The van der Waals surface area contributed by atoms with E-state index in [0.717, 1.165) is 49.9 Å². The minimum atomic E-state index is -5.01. The van der Waals surface area contributed by atoms with Crippen LogP contribution in [0.2, 0.25) is 0 Å². The maximum atomic E-state index is 14.1. The van der Waals surface area contributed by atoms with Gasteiger partial charge >= 0.3 is 6.36 Å². The third-order valence-corrected chi connectivity index (χ3v) is 5.33. The monoisotopic (exact) mass is 526 g/mol. The molecule has 0 radical (unpaired) electrons. The van der Waals surface area contributed by atoms with Crippen molar-refractivity contribution in [1.29, 1.82) is 0 Å². The second-order valence-electron chi connectivity index (χ2n) is 7.52. The summed E-state index contributed by atoms with van der Waals surface area (Å²) in [5.74, 6) is -6.83. The summed E-state index contributed by atoms with van der Waals surface area (Å²) in [6.07, 6.45) is -1.77. The molecule has 0 saturated carbocycles. The van der Waals surface area contributed by atoms with Gasteiger partial charge in [0.2, 0.25) is 0 Å². The topological polar surface area (TPSA) is 93.6 Å². The molecule has 1 aliphatic heterocycles. The molecule has 0 bridgehead atoms. The van der Waals surface area contributed by atoms with E-state index in [-0.39, 0.29) is 11.3 Å². The Balaban J connectivity index is 2.11. The average Bonchev–Trinajstić information content (AvgIpc) is 3.11. The fourth-order valence-electron chi connectivity index (χ4n) is 3.39. The number of carbonyl (C=O) groups excluding carboxylic acids is 2. The summed E-state index contributed by atoms with van der Waals surface area (Å²) < 4.78 is 88.3. The number of rotatable bonds is 7. The Morgan fingerprint density at radius 1 is 1.23 bits per heavy atom. The van der Waals surface area contributed by atoms with E-state index < -0.39 is 60.3 Å². The fraction of sp³-hybridized carbons (Fsp3) is 0.400. The van der Waals surface area contributed by atoms with Gasteiger partial charge in [0.15, 0.2) is 5.54 Å². The summed E-state index contributed by atoms with van der Waals surface area (Å²) in [6.45, 7) is -0.411. The molecule has 1 N–H and O–H groups in total. The van der Waals surface area contributed by atoms with Gasteiger partial charge in [-0.2, -0.15) is 0 Å². The molecule has 190 valence electrons. The summed E-state index contributed by atoms with van der Waals surface area (Å²) in [5, 5.41) is 2.09. The molecule has 1 aromatic carbocycles. The van der Waals surface area contributed by atoms with Crippen molar-refractivity contribution in [3.63, 3.8) is 0 Å². The quantitative estimate of drug-likeness (QED) is 0.439. The molecular formula is C20H17ClF6N4O4. The number of alkyl halides is 7. The number of hydrogen-bond acceptors (Lipinski definition) is 6. The Labute approximate surface area is 199 Å². The second kappa shape index (κ2) is 9.85. The molecule has 0 spiro atoms. The number of nitrogens with one attached hydrogen (secondary N) is 1. The van der Waals surface area contributed by atoms with Crippen LogP contribution in [-0.2, 0) is 19.9 Å². The van der Waals surface area contributed by atoms with Crippen LogP contribution in [0.4, 0.5) is 32.0 Å². The normalized spacial score (nSPS) is 19.9. The maximum Gasteiger partial charge on any atom is 0.573 e. The van der Waals surface area contributed by atoms with Crippen molar-refractivity contribution in [2.24, 2.45) is 0 Å². The number of nitrogens with zero attached hydrogens (tertiary/aromatic N) is 3. The lowest BCUT2D eigenvalue weighted by Gasteiger charge is -2.40. The van der Waals surface area contributed by atoms with Crippen molar-refractivity contribution in [1.82, 2.24) is 15.3 Å². The largest absolute Gasteiger partial charge is 0.573 e. The Morgan fingerprint density at radius 2 is 1.83 bits per heavy atom. The van der Waals surface area contributed by atoms with Gasteiger partial charge in [0.25, 0.3) is 23.4 Å². The number of benzene rings is 1. The van der Waals surface area contributed by atoms with E-state index in [1.807, 2.05) is 0 Å². The number of carbonyl (C=O) groups is 2. The van der Waals surface area contributed by atoms with Crippen LogP contribution in [0.3, 0.4) is 0 Å². The number of aromatic nitrogens is 2. The van der Waals surface area contributed by atoms with E-state index >= 15 is 0 Å². The number of halogens is 7. The molecule has 1 aromatic heterocycles. The van der Waals surface area contributed by atoms with Crippen LogP contribution in [0, 0.1) is 0 Å². The van der Waals surface area contributed by atoms with Crippen LogP contribution in [0.25, 0.3) is 0 Å². The highest BCUT2D eigenvalue weighted by Crippen LogP contribution is 2.37. The summed E-state index contributed by atoms with van der Waals surface area (Å²) in [5.41, 5.74) is -5.44. The third kappa shape index (κ3) is 5.75. The number of hydrogen-bond donors (Lipinski definition) is 1. The number of anilines is 1. The number of ether oxygens (including phenoxy) is 2. The van der Waals surface area contributed by atoms with E-state index in [1.54, 1.807) is 0 Å². The molecule has 3 atom stereocenters. The predicted octanol–water partition coefficient (Wildman–Crippen LogP) is 3.31. The zero-order valence-corrected chi connectivity index (χ0v) is 18.5. The van der Waals surface area contributed by atoms with Gasteiger partial charge in [-0.15, -0.1) is 13.2 Å². The van der Waals surface area contributed by atoms with Gasteiger partial charge in [-0.1, -0.05) is 11.6 Å². The first-order chi connectivity index (χ1) is 16.3.